The molecule has 0 amide bonds. The lowest BCUT2D eigenvalue weighted by molar-refractivity contribution is -0.0501. The quantitative estimate of drug-likeness (QED) is 0.177. The summed E-state index contributed by atoms with van der Waals surface area (Å²) in [5.74, 6) is 1.01. The maximum atomic E-state index is 10.5. The van der Waals surface area contributed by atoms with Crippen molar-refractivity contribution in [3.63, 3.8) is 0 Å². The van der Waals surface area contributed by atoms with Crippen LogP contribution in [0.15, 0.2) is 66.0 Å². The summed E-state index contributed by atoms with van der Waals surface area (Å²) in [6, 6.07) is 17.3. The lowest BCUT2D eigenvalue weighted by atomic mass is 10.1. The molecule has 0 bridgehead atoms. The van der Waals surface area contributed by atoms with E-state index in [0.717, 1.165) is 16.9 Å². The van der Waals surface area contributed by atoms with Crippen molar-refractivity contribution in [3.8, 4) is 5.75 Å². The highest BCUT2D eigenvalue weighted by Gasteiger charge is 2.45. The lowest BCUT2D eigenvalue weighted by Gasteiger charge is -2.18. The van der Waals surface area contributed by atoms with Gasteiger partial charge in [0.05, 0.1) is 12.8 Å². The number of anilines is 2. The van der Waals surface area contributed by atoms with Gasteiger partial charge in [0.25, 0.3) is 0 Å². The van der Waals surface area contributed by atoms with Gasteiger partial charge in [0.15, 0.2) is 23.2 Å². The first-order valence-electron chi connectivity index (χ1n) is 11.2. The minimum atomic E-state index is -1.34. The minimum Gasteiger partial charge on any atom is -0.489 e. The van der Waals surface area contributed by atoms with Crippen LogP contribution in [0.5, 0.6) is 5.75 Å². The van der Waals surface area contributed by atoms with Crippen molar-refractivity contribution in [1.82, 2.24) is 19.5 Å². The first kappa shape index (κ1) is 23.6. The number of fused-ring (bicyclic) bond motifs is 1. The van der Waals surface area contributed by atoms with Crippen LogP contribution in [-0.4, -0.2) is 66.0 Å². The zero-order valence-electron chi connectivity index (χ0n) is 19.0. The van der Waals surface area contributed by atoms with Gasteiger partial charge in [-0.15, -0.1) is 0 Å². The van der Waals surface area contributed by atoms with Crippen LogP contribution in [0.25, 0.3) is 11.2 Å². The molecule has 1 fully saturated rings. The molecule has 2 aromatic heterocycles. The summed E-state index contributed by atoms with van der Waals surface area (Å²) in [6.45, 7) is 0.00342. The number of aromatic nitrogens is 4. The third kappa shape index (κ3) is 4.70. The molecule has 186 valence electrons. The van der Waals surface area contributed by atoms with E-state index in [9.17, 15) is 15.3 Å². The first-order valence-corrected chi connectivity index (χ1v) is 11.2. The molecule has 2 aromatic carbocycles. The van der Waals surface area contributed by atoms with Crippen molar-refractivity contribution in [2.45, 2.75) is 31.1 Å². The summed E-state index contributed by atoms with van der Waals surface area (Å²) in [7, 11) is 0. The maximum absolute atomic E-state index is 10.5. The maximum Gasteiger partial charge on any atom is 0.228 e. The van der Waals surface area contributed by atoms with Crippen LogP contribution < -0.4 is 15.9 Å². The third-order valence-electron chi connectivity index (χ3n) is 5.78. The van der Waals surface area contributed by atoms with Gasteiger partial charge in [0.1, 0.15) is 37.0 Å². The number of nitrogens with zero attached hydrogens (tertiary/aromatic N) is 5. The number of nitrogens with one attached hydrogen (secondary N) is 1. The molecule has 4 atom stereocenters. The van der Waals surface area contributed by atoms with Crippen LogP contribution in [-0.2, 0) is 11.3 Å². The van der Waals surface area contributed by atoms with E-state index in [2.05, 4.69) is 25.5 Å². The smallest absolute Gasteiger partial charge is 0.228 e. The van der Waals surface area contributed by atoms with Crippen LogP contribution in [0, 0.1) is 0 Å². The molecule has 0 aliphatic carbocycles. The number of imidazole rings is 1. The molecule has 0 unspecified atom stereocenters. The van der Waals surface area contributed by atoms with Gasteiger partial charge in [0, 0.05) is 0 Å². The molecular weight excluding hydrogens is 466 g/mol. The predicted molar refractivity (Wildman–Crippen MR) is 131 cm³/mol. The van der Waals surface area contributed by atoms with E-state index >= 15 is 0 Å². The summed E-state index contributed by atoms with van der Waals surface area (Å²) in [5.41, 5.74) is 11.2. The number of rotatable bonds is 8. The van der Waals surface area contributed by atoms with Crippen molar-refractivity contribution in [2.24, 2.45) is 5.10 Å². The molecule has 0 radical (unpaired) electrons. The van der Waals surface area contributed by atoms with Gasteiger partial charge < -0.3 is 30.5 Å². The van der Waals surface area contributed by atoms with Gasteiger partial charge in [-0.2, -0.15) is 5.10 Å². The number of benzene rings is 2. The molecule has 4 aromatic rings. The lowest BCUT2D eigenvalue weighted by Crippen LogP contribution is -2.33. The zero-order chi connectivity index (χ0) is 25.1. The second-order valence-electron chi connectivity index (χ2n) is 8.18. The van der Waals surface area contributed by atoms with Gasteiger partial charge in [-0.1, -0.05) is 30.3 Å². The third-order valence-corrected chi connectivity index (χ3v) is 5.78. The number of hydrogen-bond donors (Lipinski definition) is 5. The molecule has 1 aliphatic rings. The number of hydrazone groups is 1. The molecule has 36 heavy (non-hydrogen) atoms. The zero-order valence-corrected chi connectivity index (χ0v) is 19.0. The SMILES string of the molecule is Nc1ncnc2c1nc(N/N=C\c1ccc(OCc3ccccc3)cc1)n2[C@H]1O[C@@H](CO)[C@H](O)[C@@H]1O. The molecule has 12 nitrogen and oxygen atoms in total. The van der Waals surface area contributed by atoms with E-state index in [1.165, 1.54) is 10.9 Å². The topological polar surface area (TPSA) is 173 Å². The summed E-state index contributed by atoms with van der Waals surface area (Å²) in [5, 5.41) is 34.4. The molecule has 0 spiro atoms. The van der Waals surface area contributed by atoms with E-state index in [4.69, 9.17) is 15.2 Å². The molecule has 1 saturated heterocycles. The molecule has 3 heterocycles. The second-order valence-corrected chi connectivity index (χ2v) is 8.18. The summed E-state index contributed by atoms with van der Waals surface area (Å²) in [4.78, 5) is 12.5. The fourth-order valence-corrected chi connectivity index (χ4v) is 3.90. The Bertz CT molecular complexity index is 1350. The van der Waals surface area contributed by atoms with Gasteiger partial charge in [-0.05, 0) is 35.4 Å². The number of nitrogens with two attached hydrogens (primary N) is 1. The Morgan fingerprint density at radius 1 is 1.08 bits per heavy atom. The highest BCUT2D eigenvalue weighted by molar-refractivity contribution is 5.84. The number of aliphatic hydroxyl groups is 3. The van der Waals surface area contributed by atoms with Crippen molar-refractivity contribution in [2.75, 3.05) is 17.8 Å². The van der Waals surface area contributed by atoms with E-state index in [1.54, 1.807) is 6.21 Å². The Morgan fingerprint density at radius 3 is 2.58 bits per heavy atom. The van der Waals surface area contributed by atoms with Crippen LogP contribution in [0.3, 0.4) is 0 Å². The first-order chi connectivity index (χ1) is 17.5. The van der Waals surface area contributed by atoms with Gasteiger partial charge in [-0.3, -0.25) is 4.57 Å². The Balaban J connectivity index is 1.33. The Labute approximate surface area is 205 Å². The van der Waals surface area contributed by atoms with E-state index in [-0.39, 0.29) is 22.9 Å². The Morgan fingerprint density at radius 2 is 1.86 bits per heavy atom. The molecule has 5 rings (SSSR count). The highest BCUT2D eigenvalue weighted by atomic mass is 16.6. The fraction of sp³-hybridized carbons (Fsp3) is 0.250. The average Bonchev–Trinajstić information content (AvgIpc) is 3.41. The van der Waals surface area contributed by atoms with Crippen LogP contribution in [0.1, 0.15) is 17.4 Å². The molecule has 0 saturated carbocycles. The number of ether oxygens (including phenoxy) is 2. The second kappa shape index (κ2) is 10.3. The minimum absolute atomic E-state index is 0.128. The normalized spacial score (nSPS) is 21.9. The summed E-state index contributed by atoms with van der Waals surface area (Å²) in [6.07, 6.45) is -1.86. The standard InChI is InChI=1S/C24H25N7O5/c25-21-18-22(27-13-26-21)31(23-20(34)19(33)17(11-32)36-23)24(29-18)30-28-10-14-6-8-16(9-7-14)35-12-15-4-2-1-3-5-15/h1-10,13,17,19-20,23,32-34H,11-12H2,(H,29,30)(H2,25,26,27)/b28-10-/t17-,19-,20-,23-/m0/s1. The van der Waals surface area contributed by atoms with Gasteiger partial charge in [0.2, 0.25) is 5.95 Å². The van der Waals surface area contributed by atoms with Gasteiger partial charge in [-0.25, -0.2) is 20.4 Å². The van der Waals surface area contributed by atoms with Crippen molar-refractivity contribution in [1.29, 1.82) is 0 Å². The van der Waals surface area contributed by atoms with Crippen molar-refractivity contribution >= 4 is 29.1 Å². The predicted octanol–water partition coefficient (Wildman–Crippen LogP) is 1.04. The molecular formula is C24H25N7O5. The van der Waals surface area contributed by atoms with Crippen molar-refractivity contribution < 1.29 is 24.8 Å². The van der Waals surface area contributed by atoms with Crippen LogP contribution >= 0.6 is 0 Å². The van der Waals surface area contributed by atoms with E-state index in [0.29, 0.717) is 6.61 Å². The monoisotopic (exact) mass is 491 g/mol. The van der Waals surface area contributed by atoms with E-state index < -0.39 is 31.1 Å². The van der Waals surface area contributed by atoms with Crippen LogP contribution in [0.2, 0.25) is 0 Å². The van der Waals surface area contributed by atoms with E-state index in [1.807, 2.05) is 54.6 Å². The summed E-state index contributed by atoms with van der Waals surface area (Å²) >= 11 is 0. The molecule has 1 aliphatic heterocycles. The van der Waals surface area contributed by atoms with Gasteiger partial charge >= 0.3 is 0 Å². The number of aliphatic hydroxyl groups excluding tert-OH is 3. The van der Waals surface area contributed by atoms with Crippen LogP contribution in [0.4, 0.5) is 11.8 Å². The summed E-state index contributed by atoms with van der Waals surface area (Å²) < 4.78 is 12.9. The van der Waals surface area contributed by atoms with Crippen molar-refractivity contribution in [3.05, 3.63) is 72.1 Å². The number of hydrogen-bond acceptors (Lipinski definition) is 11. The molecule has 6 N–H and O–H groups in total. The fourth-order valence-electron chi connectivity index (χ4n) is 3.90. The largest absolute Gasteiger partial charge is 0.489 e. The Kier molecular flexibility index (Phi) is 6.73. The highest BCUT2D eigenvalue weighted by Crippen LogP contribution is 2.35. The number of nitrogen functional groups attached to an aromatic ring is 1. The molecule has 12 heteroatoms. The Hall–Kier alpha value is -4.10. The average molecular weight is 492 g/mol.